The molecular formula is C23H26N8OS. The molecule has 2 aromatic heterocycles. The Morgan fingerprint density at radius 1 is 1.09 bits per heavy atom. The van der Waals surface area contributed by atoms with E-state index in [1.54, 1.807) is 30.7 Å². The largest absolute Gasteiger partial charge is 0.324 e. The first kappa shape index (κ1) is 22.6. The lowest BCUT2D eigenvalue weighted by Crippen LogP contribution is -2.20. The lowest BCUT2D eigenvalue weighted by atomic mass is 10.0. The number of hydrogen-bond donors (Lipinski definition) is 2. The zero-order valence-electron chi connectivity index (χ0n) is 18.9. The molecule has 10 heteroatoms. The first-order valence-electron chi connectivity index (χ1n) is 10.5. The minimum absolute atomic E-state index is 0.282. The Morgan fingerprint density at radius 3 is 2.64 bits per heavy atom. The summed E-state index contributed by atoms with van der Waals surface area (Å²) in [6, 6.07) is 13.6. The predicted molar refractivity (Wildman–Crippen MR) is 131 cm³/mol. The van der Waals surface area contributed by atoms with E-state index in [-0.39, 0.29) is 5.56 Å². The third-order valence-electron chi connectivity index (χ3n) is 5.19. The van der Waals surface area contributed by atoms with Crippen molar-refractivity contribution in [2.75, 3.05) is 43.3 Å². The van der Waals surface area contributed by atoms with Crippen molar-refractivity contribution in [2.45, 2.75) is 12.8 Å². The Kier molecular flexibility index (Phi) is 6.53. The van der Waals surface area contributed by atoms with Crippen LogP contribution in [0.4, 0.5) is 29.1 Å². The second-order valence-corrected chi connectivity index (χ2v) is 10.8. The van der Waals surface area contributed by atoms with E-state index in [2.05, 4.69) is 60.1 Å². The molecule has 1 aromatic carbocycles. The molecular weight excluding hydrogens is 436 g/mol. The molecule has 2 N–H and O–H groups in total. The number of likely N-dealkylation sites (N-methyl/N-ethyl adjacent to an activating group) is 1. The van der Waals surface area contributed by atoms with E-state index in [1.807, 2.05) is 6.07 Å². The summed E-state index contributed by atoms with van der Waals surface area (Å²) in [5.41, 5.74) is 3.87. The smallest absolute Gasteiger partial charge is 0.229 e. The molecule has 0 radical (unpaired) electrons. The number of hydrogen-bond acceptors (Lipinski definition) is 9. The summed E-state index contributed by atoms with van der Waals surface area (Å²) >= 11 is 0. The van der Waals surface area contributed by atoms with Crippen molar-refractivity contribution in [2.24, 2.45) is 4.36 Å². The summed E-state index contributed by atoms with van der Waals surface area (Å²) in [5, 5.41) is 15.8. The predicted octanol–water partition coefficient (Wildman–Crippen LogP) is 3.62. The maximum atomic E-state index is 12.0. The summed E-state index contributed by atoms with van der Waals surface area (Å²) in [7, 11) is -0.195. The third-order valence-corrected chi connectivity index (χ3v) is 5.82. The topological polar surface area (TPSA) is 119 Å². The first-order valence-corrected chi connectivity index (χ1v) is 12.9. The van der Waals surface area contributed by atoms with Gasteiger partial charge in [-0.1, -0.05) is 12.1 Å². The van der Waals surface area contributed by atoms with E-state index in [0.717, 1.165) is 31.6 Å². The second-order valence-electron chi connectivity index (χ2n) is 8.26. The van der Waals surface area contributed by atoms with Crippen molar-refractivity contribution in [3.05, 3.63) is 59.3 Å². The minimum atomic E-state index is -2.34. The maximum absolute atomic E-state index is 12.0. The minimum Gasteiger partial charge on any atom is -0.324 e. The molecule has 1 aliphatic heterocycles. The van der Waals surface area contributed by atoms with Gasteiger partial charge in [-0.05, 0) is 55.3 Å². The van der Waals surface area contributed by atoms with Gasteiger partial charge in [0, 0.05) is 41.0 Å². The van der Waals surface area contributed by atoms with Crippen LogP contribution in [0.1, 0.15) is 16.7 Å². The molecule has 1 aliphatic rings. The van der Waals surface area contributed by atoms with Crippen LogP contribution < -0.4 is 10.6 Å². The van der Waals surface area contributed by atoms with Crippen LogP contribution in [0, 0.1) is 11.3 Å². The highest BCUT2D eigenvalue weighted by atomic mass is 32.2. The van der Waals surface area contributed by atoms with Crippen LogP contribution in [0.3, 0.4) is 0 Å². The molecule has 0 saturated carbocycles. The average Bonchev–Trinajstić information content (AvgIpc) is 2.94. The molecule has 0 fully saturated rings. The monoisotopic (exact) mass is 462 g/mol. The number of anilines is 4. The Bertz CT molecular complexity index is 1330. The molecule has 170 valence electrons. The fraction of sp³-hybridized carbons (Fsp3) is 0.304. The fourth-order valence-electron chi connectivity index (χ4n) is 3.55. The zero-order valence-corrected chi connectivity index (χ0v) is 19.7. The van der Waals surface area contributed by atoms with Crippen LogP contribution in [0.15, 0.2) is 47.0 Å². The number of nitrogens with zero attached hydrogens (tertiary/aromatic N) is 6. The first-order chi connectivity index (χ1) is 15.8. The molecule has 3 aromatic rings. The zero-order chi connectivity index (χ0) is 23.4. The third kappa shape index (κ3) is 6.03. The number of aromatic nitrogens is 3. The van der Waals surface area contributed by atoms with E-state index in [1.165, 1.54) is 17.3 Å². The van der Waals surface area contributed by atoms with Crippen molar-refractivity contribution >= 4 is 38.8 Å². The van der Waals surface area contributed by atoms with Crippen molar-refractivity contribution in [3.63, 3.8) is 0 Å². The lowest BCUT2D eigenvalue weighted by molar-refractivity contribution is 0.352. The molecule has 9 nitrogen and oxygen atoms in total. The fourth-order valence-corrected chi connectivity index (χ4v) is 4.11. The van der Waals surface area contributed by atoms with Gasteiger partial charge in [0.1, 0.15) is 17.5 Å². The second kappa shape index (κ2) is 9.52. The van der Waals surface area contributed by atoms with Crippen LogP contribution in [0.25, 0.3) is 0 Å². The van der Waals surface area contributed by atoms with Gasteiger partial charge in [0.2, 0.25) is 5.95 Å². The van der Waals surface area contributed by atoms with E-state index in [9.17, 15) is 9.47 Å². The molecule has 3 heterocycles. The van der Waals surface area contributed by atoms with Crippen LogP contribution in [-0.4, -0.2) is 56.7 Å². The highest BCUT2D eigenvalue weighted by molar-refractivity contribution is 7.92. The Hall–Kier alpha value is -3.55. The van der Waals surface area contributed by atoms with Crippen LogP contribution in [0.5, 0.6) is 0 Å². The number of benzene rings is 1. The summed E-state index contributed by atoms with van der Waals surface area (Å²) < 4.78 is 16.1. The maximum Gasteiger partial charge on any atom is 0.229 e. The van der Waals surface area contributed by atoms with E-state index in [0.29, 0.717) is 23.4 Å². The van der Waals surface area contributed by atoms with E-state index >= 15 is 0 Å². The highest BCUT2D eigenvalue weighted by Crippen LogP contribution is 2.24. The molecule has 0 aliphatic carbocycles. The summed E-state index contributed by atoms with van der Waals surface area (Å²) in [6.07, 6.45) is 6.60. The molecule has 0 saturated heterocycles. The van der Waals surface area contributed by atoms with Gasteiger partial charge >= 0.3 is 0 Å². The van der Waals surface area contributed by atoms with Crippen LogP contribution in [0.2, 0.25) is 0 Å². The van der Waals surface area contributed by atoms with Crippen LogP contribution >= 0.6 is 0 Å². The number of nitrogens with one attached hydrogen (secondary N) is 2. The van der Waals surface area contributed by atoms with Gasteiger partial charge in [-0.2, -0.15) is 14.6 Å². The average molecular weight is 463 g/mol. The number of pyridine rings is 1. The van der Waals surface area contributed by atoms with Gasteiger partial charge in [-0.25, -0.2) is 14.2 Å². The molecule has 33 heavy (non-hydrogen) atoms. The van der Waals surface area contributed by atoms with E-state index < -0.39 is 9.73 Å². The number of rotatable bonds is 5. The lowest BCUT2D eigenvalue weighted by Gasteiger charge is -2.12. The molecule has 0 unspecified atom stereocenters. The van der Waals surface area contributed by atoms with Gasteiger partial charge in [0.25, 0.3) is 0 Å². The number of nitriles is 1. The van der Waals surface area contributed by atoms with Crippen LogP contribution in [-0.2, 0) is 22.6 Å². The normalized spacial score (nSPS) is 14.0. The molecule has 0 spiro atoms. The Morgan fingerprint density at radius 2 is 1.88 bits per heavy atom. The highest BCUT2D eigenvalue weighted by Gasteiger charge is 2.13. The Balaban J connectivity index is 1.58. The van der Waals surface area contributed by atoms with E-state index in [4.69, 9.17) is 0 Å². The van der Waals surface area contributed by atoms with Crippen molar-refractivity contribution in [1.82, 2.24) is 19.9 Å². The Labute approximate surface area is 194 Å². The summed E-state index contributed by atoms with van der Waals surface area (Å²) in [6.45, 7) is 2.09. The van der Waals surface area contributed by atoms with Gasteiger partial charge < -0.3 is 15.5 Å². The van der Waals surface area contributed by atoms with Gasteiger partial charge in [0.05, 0.1) is 6.20 Å². The quantitative estimate of drug-likeness (QED) is 0.590. The van der Waals surface area contributed by atoms with Crippen molar-refractivity contribution in [3.8, 4) is 6.07 Å². The van der Waals surface area contributed by atoms with Gasteiger partial charge in [0.15, 0.2) is 11.6 Å². The van der Waals surface area contributed by atoms with Crippen molar-refractivity contribution in [1.29, 1.82) is 5.26 Å². The molecule has 0 bridgehead atoms. The molecule has 4 rings (SSSR count). The SMILES string of the molecule is CN1CCc2ccc(Nc3ncc(C#N)c(Nc4cccc(N=S(C)(C)=O)n4)n3)cc2CC1. The molecule has 0 amide bonds. The standard InChI is InChI=1S/C23H26N8OS/c1-31-11-9-16-7-8-19(13-17(16)10-12-31)26-23-25-15-18(14-24)22(29-23)28-20-5-4-6-21(27-20)30-33(2,3)32/h4-8,13,15H,9-12H2,1-3H3,(H2,25,26,27,28,29). The number of fused-ring (bicyclic) bond motifs is 1. The van der Waals surface area contributed by atoms with Gasteiger partial charge in [-0.15, -0.1) is 0 Å². The van der Waals surface area contributed by atoms with Crippen molar-refractivity contribution < 1.29 is 4.21 Å². The summed E-state index contributed by atoms with van der Waals surface area (Å²) in [4.78, 5) is 15.5. The molecule has 0 atom stereocenters. The van der Waals surface area contributed by atoms with Gasteiger partial charge in [-0.3, -0.25) is 0 Å². The summed E-state index contributed by atoms with van der Waals surface area (Å²) in [5.74, 6) is 1.48.